The Kier molecular flexibility index (Phi) is 6.87. The number of hydrogen-bond acceptors (Lipinski definition) is 4. The number of aromatic nitrogens is 2. The molecule has 0 spiro atoms. The first kappa shape index (κ1) is 22.3. The van der Waals surface area contributed by atoms with Gasteiger partial charge in [-0.15, -0.1) is 0 Å². The van der Waals surface area contributed by atoms with Gasteiger partial charge in [0.1, 0.15) is 6.07 Å². The standard InChI is InChI=1S/C28H29N5/c1-4-33(5-2)19-22-8-6-21(7-9-22)10-11-23-17-30-18-24(16-29)28(23)32-26-12-13-27-25(20(26)3)14-15-31-27/h6-15,17-18,31H,4-5,19H2,1-3H3,(H,30,32). The molecule has 0 aliphatic rings. The number of fused-ring (bicyclic) bond motifs is 1. The zero-order chi connectivity index (χ0) is 23.2. The molecule has 0 amide bonds. The van der Waals surface area contributed by atoms with Crippen molar-refractivity contribution in [3.05, 3.63) is 88.9 Å². The number of anilines is 2. The molecule has 2 aromatic carbocycles. The minimum atomic E-state index is 0.514. The summed E-state index contributed by atoms with van der Waals surface area (Å²) in [4.78, 5) is 9.91. The van der Waals surface area contributed by atoms with Gasteiger partial charge in [0.05, 0.1) is 11.3 Å². The molecule has 166 valence electrons. The van der Waals surface area contributed by atoms with Crippen LogP contribution >= 0.6 is 0 Å². The predicted molar refractivity (Wildman–Crippen MR) is 137 cm³/mol. The van der Waals surface area contributed by atoms with E-state index in [-0.39, 0.29) is 0 Å². The van der Waals surface area contributed by atoms with Crippen molar-refractivity contribution in [1.82, 2.24) is 14.9 Å². The van der Waals surface area contributed by atoms with Crippen LogP contribution in [0.4, 0.5) is 11.4 Å². The van der Waals surface area contributed by atoms with Crippen molar-refractivity contribution in [2.24, 2.45) is 0 Å². The molecule has 2 heterocycles. The van der Waals surface area contributed by atoms with Gasteiger partial charge < -0.3 is 10.3 Å². The molecule has 5 nitrogen and oxygen atoms in total. The third-order valence-corrected chi connectivity index (χ3v) is 6.09. The second-order valence-corrected chi connectivity index (χ2v) is 8.10. The molecule has 0 bridgehead atoms. The minimum Gasteiger partial charge on any atom is -0.361 e. The van der Waals surface area contributed by atoms with Crippen LogP contribution in [0, 0.1) is 18.3 Å². The molecule has 5 heteroatoms. The molecule has 0 atom stereocenters. The average molecular weight is 436 g/mol. The van der Waals surface area contributed by atoms with Crippen LogP contribution in [0.3, 0.4) is 0 Å². The second kappa shape index (κ2) is 10.2. The third kappa shape index (κ3) is 4.97. The number of aryl methyl sites for hydroxylation is 1. The van der Waals surface area contributed by atoms with Gasteiger partial charge in [0.25, 0.3) is 0 Å². The van der Waals surface area contributed by atoms with Crippen molar-refractivity contribution < 1.29 is 0 Å². The highest BCUT2D eigenvalue weighted by Gasteiger charge is 2.11. The highest BCUT2D eigenvalue weighted by atomic mass is 15.1. The molecular formula is C28H29N5. The van der Waals surface area contributed by atoms with E-state index in [4.69, 9.17) is 0 Å². The van der Waals surface area contributed by atoms with Crippen LogP contribution in [0.5, 0.6) is 0 Å². The summed E-state index contributed by atoms with van der Waals surface area (Å²) in [5.41, 5.74) is 7.76. The Balaban J connectivity index is 1.60. The molecule has 0 saturated heterocycles. The first-order valence-corrected chi connectivity index (χ1v) is 11.3. The van der Waals surface area contributed by atoms with Gasteiger partial charge in [-0.3, -0.25) is 9.88 Å². The van der Waals surface area contributed by atoms with Crippen molar-refractivity contribution in [1.29, 1.82) is 5.26 Å². The van der Waals surface area contributed by atoms with Crippen molar-refractivity contribution in [3.8, 4) is 6.07 Å². The van der Waals surface area contributed by atoms with E-state index in [0.717, 1.165) is 58.6 Å². The zero-order valence-corrected chi connectivity index (χ0v) is 19.4. The Morgan fingerprint density at radius 3 is 2.55 bits per heavy atom. The maximum atomic E-state index is 9.69. The fraction of sp³-hybridized carbons (Fsp3) is 0.214. The lowest BCUT2D eigenvalue weighted by Gasteiger charge is -2.17. The number of nitriles is 1. The smallest absolute Gasteiger partial charge is 0.103 e. The fourth-order valence-electron chi connectivity index (χ4n) is 4.01. The van der Waals surface area contributed by atoms with E-state index in [0.29, 0.717) is 5.56 Å². The van der Waals surface area contributed by atoms with E-state index in [1.807, 2.05) is 24.4 Å². The lowest BCUT2D eigenvalue weighted by molar-refractivity contribution is 0.296. The minimum absolute atomic E-state index is 0.514. The molecule has 0 aliphatic carbocycles. The summed E-state index contributed by atoms with van der Waals surface area (Å²) in [6.45, 7) is 9.52. The van der Waals surface area contributed by atoms with Crippen molar-refractivity contribution in [2.45, 2.75) is 27.3 Å². The highest BCUT2D eigenvalue weighted by Crippen LogP contribution is 2.31. The Hall–Kier alpha value is -3.88. The predicted octanol–water partition coefficient (Wildman–Crippen LogP) is 6.50. The Bertz CT molecular complexity index is 1300. The first-order chi connectivity index (χ1) is 16.1. The summed E-state index contributed by atoms with van der Waals surface area (Å²) in [5.74, 6) is 0. The molecule has 0 fully saturated rings. The number of pyridine rings is 1. The Labute approximate surface area is 195 Å². The highest BCUT2D eigenvalue weighted by molar-refractivity contribution is 5.90. The van der Waals surface area contributed by atoms with Gasteiger partial charge in [-0.05, 0) is 54.9 Å². The van der Waals surface area contributed by atoms with E-state index < -0.39 is 0 Å². The summed E-state index contributed by atoms with van der Waals surface area (Å²) in [5, 5.41) is 14.3. The molecule has 2 aromatic heterocycles. The molecule has 0 radical (unpaired) electrons. The van der Waals surface area contributed by atoms with Gasteiger partial charge in [-0.25, -0.2) is 0 Å². The van der Waals surface area contributed by atoms with Crippen LogP contribution in [0.15, 0.2) is 61.1 Å². The van der Waals surface area contributed by atoms with Gasteiger partial charge in [0.15, 0.2) is 0 Å². The molecular weight excluding hydrogens is 406 g/mol. The molecule has 0 aliphatic heterocycles. The molecule has 0 saturated carbocycles. The second-order valence-electron chi connectivity index (χ2n) is 8.10. The Morgan fingerprint density at radius 2 is 1.82 bits per heavy atom. The number of aromatic amines is 1. The molecule has 4 rings (SSSR count). The van der Waals surface area contributed by atoms with E-state index in [1.165, 1.54) is 5.56 Å². The molecule has 4 aromatic rings. The quantitative estimate of drug-likeness (QED) is 0.331. The van der Waals surface area contributed by atoms with Crippen LogP contribution in [-0.4, -0.2) is 28.0 Å². The molecule has 0 unspecified atom stereocenters. The van der Waals surface area contributed by atoms with Crippen molar-refractivity contribution >= 4 is 34.4 Å². The van der Waals surface area contributed by atoms with E-state index >= 15 is 0 Å². The number of rotatable bonds is 8. The average Bonchev–Trinajstić information content (AvgIpc) is 3.34. The van der Waals surface area contributed by atoms with Gasteiger partial charge >= 0.3 is 0 Å². The summed E-state index contributed by atoms with van der Waals surface area (Å²) in [7, 11) is 0. The first-order valence-electron chi connectivity index (χ1n) is 11.3. The lowest BCUT2D eigenvalue weighted by Crippen LogP contribution is -2.21. The zero-order valence-electron chi connectivity index (χ0n) is 19.4. The SMILES string of the molecule is CCN(CC)Cc1ccc(C=Cc2cncc(C#N)c2Nc2ccc3[nH]ccc3c2C)cc1. The normalized spacial score (nSPS) is 11.4. The van der Waals surface area contributed by atoms with Gasteiger partial charge in [0, 0.05) is 47.3 Å². The van der Waals surface area contributed by atoms with Crippen molar-refractivity contribution in [3.63, 3.8) is 0 Å². The van der Waals surface area contributed by atoms with E-state index in [2.05, 4.69) is 83.4 Å². The summed E-state index contributed by atoms with van der Waals surface area (Å²) in [6.07, 6.45) is 9.41. The number of hydrogen-bond donors (Lipinski definition) is 2. The Morgan fingerprint density at radius 1 is 1.03 bits per heavy atom. The number of benzene rings is 2. The number of nitrogens with zero attached hydrogens (tertiary/aromatic N) is 3. The van der Waals surface area contributed by atoms with Crippen molar-refractivity contribution in [2.75, 3.05) is 18.4 Å². The van der Waals surface area contributed by atoms with Crippen LogP contribution in [0.1, 0.15) is 41.7 Å². The summed E-state index contributed by atoms with van der Waals surface area (Å²) < 4.78 is 0. The summed E-state index contributed by atoms with van der Waals surface area (Å²) in [6, 6.07) is 17.0. The van der Waals surface area contributed by atoms with Gasteiger partial charge in [-0.2, -0.15) is 5.26 Å². The fourth-order valence-corrected chi connectivity index (χ4v) is 4.01. The maximum absolute atomic E-state index is 9.69. The summed E-state index contributed by atoms with van der Waals surface area (Å²) >= 11 is 0. The van der Waals surface area contributed by atoms with E-state index in [9.17, 15) is 5.26 Å². The van der Waals surface area contributed by atoms with Gasteiger partial charge in [-0.1, -0.05) is 50.3 Å². The lowest BCUT2D eigenvalue weighted by atomic mass is 10.1. The maximum Gasteiger partial charge on any atom is 0.103 e. The number of H-pyrrole nitrogens is 1. The van der Waals surface area contributed by atoms with Crippen LogP contribution in [0.2, 0.25) is 0 Å². The monoisotopic (exact) mass is 435 g/mol. The van der Waals surface area contributed by atoms with Crippen LogP contribution < -0.4 is 5.32 Å². The molecule has 33 heavy (non-hydrogen) atoms. The van der Waals surface area contributed by atoms with Crippen LogP contribution in [-0.2, 0) is 6.54 Å². The third-order valence-electron chi connectivity index (χ3n) is 6.09. The number of nitrogens with one attached hydrogen (secondary N) is 2. The topological polar surface area (TPSA) is 67.7 Å². The van der Waals surface area contributed by atoms with E-state index in [1.54, 1.807) is 12.4 Å². The van der Waals surface area contributed by atoms with Crippen LogP contribution in [0.25, 0.3) is 23.1 Å². The molecule has 2 N–H and O–H groups in total. The largest absolute Gasteiger partial charge is 0.361 e. The van der Waals surface area contributed by atoms with Gasteiger partial charge in [0.2, 0.25) is 0 Å².